The summed E-state index contributed by atoms with van der Waals surface area (Å²) in [6.45, 7) is 0. The third-order valence-corrected chi connectivity index (χ3v) is 8.51. The minimum Gasteiger partial charge on any atom is -0.497 e. The first-order valence-corrected chi connectivity index (χ1v) is 14.9. The van der Waals surface area contributed by atoms with Gasteiger partial charge in [-0.15, -0.1) is 23.1 Å². The van der Waals surface area contributed by atoms with E-state index in [0.717, 1.165) is 16.0 Å². The van der Waals surface area contributed by atoms with Crippen LogP contribution in [0.15, 0.2) is 107 Å². The maximum Gasteiger partial charge on any atom is 0.255 e. The number of amides is 2. The van der Waals surface area contributed by atoms with E-state index in [1.54, 1.807) is 55.6 Å². The summed E-state index contributed by atoms with van der Waals surface area (Å²) < 4.78 is 5.22. The van der Waals surface area contributed by atoms with E-state index >= 15 is 0 Å². The van der Waals surface area contributed by atoms with Gasteiger partial charge in [0.05, 0.1) is 17.8 Å². The summed E-state index contributed by atoms with van der Waals surface area (Å²) >= 11 is 15.1. The molecule has 41 heavy (non-hydrogen) atoms. The number of nitrogens with zero attached hydrogens (tertiary/aromatic N) is 1. The van der Waals surface area contributed by atoms with Crippen LogP contribution >= 0.6 is 46.3 Å². The molecular weight excluding hydrogens is 597 g/mol. The molecule has 6 nitrogen and oxygen atoms in total. The minimum absolute atomic E-state index is 0.227. The van der Waals surface area contributed by atoms with Crippen molar-refractivity contribution in [3.63, 3.8) is 0 Å². The molecule has 2 N–H and O–H groups in total. The van der Waals surface area contributed by atoms with Crippen molar-refractivity contribution in [2.24, 2.45) is 0 Å². The molecule has 1 atom stereocenters. The smallest absolute Gasteiger partial charge is 0.255 e. The fourth-order valence-corrected chi connectivity index (χ4v) is 6.28. The summed E-state index contributed by atoms with van der Waals surface area (Å²) in [5.74, 6) is 0.112. The molecule has 0 aliphatic heterocycles. The molecular formula is C31H23Cl2N3O3S2. The van der Waals surface area contributed by atoms with E-state index in [4.69, 9.17) is 27.9 Å². The molecule has 1 aromatic heterocycles. The van der Waals surface area contributed by atoms with Crippen molar-refractivity contribution >= 4 is 68.9 Å². The van der Waals surface area contributed by atoms with Crippen LogP contribution < -0.4 is 15.4 Å². The van der Waals surface area contributed by atoms with Crippen LogP contribution in [-0.2, 0) is 4.79 Å². The molecule has 4 aromatic carbocycles. The zero-order chi connectivity index (χ0) is 28.8. The van der Waals surface area contributed by atoms with Gasteiger partial charge in [-0.05, 0) is 60.2 Å². The second kappa shape index (κ2) is 13.2. The summed E-state index contributed by atoms with van der Waals surface area (Å²) in [5, 5.41) is 8.62. The van der Waals surface area contributed by atoms with Gasteiger partial charge in [-0.1, -0.05) is 65.7 Å². The van der Waals surface area contributed by atoms with Gasteiger partial charge in [0.25, 0.3) is 5.91 Å². The number of carbonyl (C=O) groups is 2. The molecule has 0 spiro atoms. The van der Waals surface area contributed by atoms with Gasteiger partial charge in [0.15, 0.2) is 5.13 Å². The van der Waals surface area contributed by atoms with Crippen molar-refractivity contribution in [2.45, 2.75) is 10.1 Å². The summed E-state index contributed by atoms with van der Waals surface area (Å²) in [6, 6.07) is 29.0. The number of nitrogens with one attached hydrogen (secondary N) is 2. The quantitative estimate of drug-likeness (QED) is 0.161. The van der Waals surface area contributed by atoms with Gasteiger partial charge in [0, 0.05) is 32.1 Å². The number of ether oxygens (including phenoxy) is 1. The first-order valence-electron chi connectivity index (χ1n) is 12.4. The summed E-state index contributed by atoms with van der Waals surface area (Å²) in [5.41, 5.74) is 3.30. The Labute approximate surface area is 255 Å². The molecule has 0 saturated carbocycles. The summed E-state index contributed by atoms with van der Waals surface area (Å²) in [6.07, 6.45) is 0. The topological polar surface area (TPSA) is 80.3 Å². The van der Waals surface area contributed by atoms with E-state index in [1.165, 1.54) is 23.1 Å². The molecule has 1 unspecified atom stereocenters. The fourth-order valence-electron chi connectivity index (χ4n) is 3.97. The predicted octanol–water partition coefficient (Wildman–Crippen LogP) is 8.85. The Kier molecular flexibility index (Phi) is 9.26. The summed E-state index contributed by atoms with van der Waals surface area (Å²) in [7, 11) is 1.56. The number of carbonyl (C=O) groups excluding carboxylic acids is 2. The molecule has 0 fully saturated rings. The average molecular weight is 621 g/mol. The SMILES string of the molecule is COc1cccc(C(=O)Nc2cccc(SC(C(=O)Nc3nc(-c4ccc(Cl)cc4Cl)cs3)c3ccccc3)c2)c1. The first kappa shape index (κ1) is 28.7. The lowest BCUT2D eigenvalue weighted by molar-refractivity contribution is -0.115. The lowest BCUT2D eigenvalue weighted by Gasteiger charge is -2.17. The molecule has 0 radical (unpaired) electrons. The minimum atomic E-state index is -0.577. The van der Waals surface area contributed by atoms with Gasteiger partial charge in [0.1, 0.15) is 11.0 Å². The van der Waals surface area contributed by atoms with Gasteiger partial charge in [0.2, 0.25) is 5.91 Å². The van der Waals surface area contributed by atoms with Crippen molar-refractivity contribution in [3.8, 4) is 17.0 Å². The van der Waals surface area contributed by atoms with Crippen LogP contribution in [-0.4, -0.2) is 23.9 Å². The van der Waals surface area contributed by atoms with Crippen LogP contribution in [0.4, 0.5) is 10.8 Å². The van der Waals surface area contributed by atoms with Crippen LogP contribution in [0.3, 0.4) is 0 Å². The highest BCUT2D eigenvalue weighted by Crippen LogP contribution is 2.38. The molecule has 0 saturated heterocycles. The Hall–Kier alpha value is -3.82. The maximum atomic E-state index is 13.6. The van der Waals surface area contributed by atoms with Crippen molar-refractivity contribution < 1.29 is 14.3 Å². The molecule has 1 heterocycles. The zero-order valence-corrected chi connectivity index (χ0v) is 24.8. The second-order valence-electron chi connectivity index (χ2n) is 8.77. The average Bonchev–Trinajstić information content (AvgIpc) is 3.44. The third kappa shape index (κ3) is 7.28. The van der Waals surface area contributed by atoms with E-state index in [1.807, 2.05) is 53.9 Å². The van der Waals surface area contributed by atoms with Crippen LogP contribution in [0, 0.1) is 0 Å². The Morgan fingerprint density at radius 3 is 2.49 bits per heavy atom. The number of methoxy groups -OCH3 is 1. The van der Waals surface area contributed by atoms with Gasteiger partial charge < -0.3 is 15.4 Å². The lowest BCUT2D eigenvalue weighted by atomic mass is 10.1. The Morgan fingerprint density at radius 2 is 1.71 bits per heavy atom. The van der Waals surface area contributed by atoms with Gasteiger partial charge in [-0.3, -0.25) is 9.59 Å². The number of thiazole rings is 1. The molecule has 5 rings (SSSR count). The largest absolute Gasteiger partial charge is 0.497 e. The standard InChI is InChI=1S/C31H23Cl2N3O3S2/c1-39-23-11-5-9-20(15-23)29(37)34-22-10-6-12-24(17-22)41-28(19-7-3-2-4-8-19)30(38)36-31-35-27(18-40-31)25-14-13-21(32)16-26(25)33/h2-18,28H,1H3,(H,34,37)(H,35,36,38). The van der Waals surface area contributed by atoms with Crippen molar-refractivity contribution in [2.75, 3.05) is 17.7 Å². The van der Waals surface area contributed by atoms with Crippen LogP contribution in [0.2, 0.25) is 10.0 Å². The molecule has 206 valence electrons. The molecule has 0 aliphatic rings. The Bertz CT molecular complexity index is 1700. The number of hydrogen-bond acceptors (Lipinski definition) is 6. The molecule has 5 aromatic rings. The van der Waals surface area contributed by atoms with Gasteiger partial charge in [-0.2, -0.15) is 0 Å². The predicted molar refractivity (Wildman–Crippen MR) is 169 cm³/mol. The van der Waals surface area contributed by atoms with E-state index in [-0.39, 0.29) is 11.8 Å². The summed E-state index contributed by atoms with van der Waals surface area (Å²) in [4.78, 5) is 31.8. The molecule has 0 bridgehead atoms. The highest BCUT2D eigenvalue weighted by atomic mass is 35.5. The van der Waals surface area contributed by atoms with Crippen molar-refractivity contribution in [1.82, 2.24) is 4.98 Å². The Morgan fingerprint density at radius 1 is 0.902 bits per heavy atom. The van der Waals surface area contributed by atoms with Crippen LogP contribution in [0.1, 0.15) is 21.2 Å². The number of aromatic nitrogens is 1. The zero-order valence-electron chi connectivity index (χ0n) is 21.6. The number of anilines is 2. The molecule has 0 aliphatic carbocycles. The normalized spacial score (nSPS) is 11.5. The second-order valence-corrected chi connectivity index (χ2v) is 11.7. The number of halogens is 2. The maximum absolute atomic E-state index is 13.6. The van der Waals surface area contributed by atoms with Crippen LogP contribution in [0.25, 0.3) is 11.3 Å². The highest BCUT2D eigenvalue weighted by molar-refractivity contribution is 8.00. The van der Waals surface area contributed by atoms with E-state index in [2.05, 4.69) is 15.6 Å². The molecule has 2 amide bonds. The lowest BCUT2D eigenvalue weighted by Crippen LogP contribution is -2.19. The van der Waals surface area contributed by atoms with Gasteiger partial charge in [-0.25, -0.2) is 4.98 Å². The van der Waals surface area contributed by atoms with Crippen LogP contribution in [0.5, 0.6) is 5.75 Å². The van der Waals surface area contributed by atoms with Crippen molar-refractivity contribution in [1.29, 1.82) is 0 Å². The Balaban J connectivity index is 1.34. The number of thioether (sulfide) groups is 1. The van der Waals surface area contributed by atoms with E-state index < -0.39 is 5.25 Å². The highest BCUT2D eigenvalue weighted by Gasteiger charge is 2.24. The molecule has 10 heteroatoms. The number of hydrogen-bond donors (Lipinski definition) is 2. The van der Waals surface area contributed by atoms with Crippen molar-refractivity contribution in [3.05, 3.63) is 124 Å². The first-order chi connectivity index (χ1) is 19.9. The monoisotopic (exact) mass is 619 g/mol. The third-order valence-electron chi connectivity index (χ3n) is 5.96. The number of rotatable bonds is 9. The van der Waals surface area contributed by atoms with Gasteiger partial charge >= 0.3 is 0 Å². The fraction of sp³-hybridized carbons (Fsp3) is 0.0645. The number of benzene rings is 4. The van der Waals surface area contributed by atoms with E-state index in [0.29, 0.717) is 37.9 Å². The van der Waals surface area contributed by atoms with E-state index in [9.17, 15) is 9.59 Å².